The minimum atomic E-state index is 0.807. The molecular formula is C48H104N4+4. The molecule has 0 aromatic carbocycles. The maximum Gasteiger partial charge on any atom is 0.0890 e. The Bertz CT molecular complexity index is 998. The van der Waals surface area contributed by atoms with Crippen molar-refractivity contribution in [2.45, 2.75) is 200 Å². The van der Waals surface area contributed by atoms with Crippen molar-refractivity contribution in [3.63, 3.8) is 0 Å². The third-order valence-electron chi connectivity index (χ3n) is 20.0. The van der Waals surface area contributed by atoms with Crippen LogP contribution in [0, 0.1) is 53.3 Å². The van der Waals surface area contributed by atoms with Gasteiger partial charge >= 0.3 is 0 Å². The first-order valence-corrected chi connectivity index (χ1v) is 23.1. The maximum atomic E-state index is 2.44. The second-order valence-electron chi connectivity index (χ2n) is 21.3. The second-order valence-corrected chi connectivity index (χ2v) is 21.3. The van der Waals surface area contributed by atoms with E-state index >= 15 is 0 Å². The van der Waals surface area contributed by atoms with Gasteiger partial charge in [-0.3, -0.25) is 0 Å². The topological polar surface area (TPSA) is 0 Å². The van der Waals surface area contributed by atoms with E-state index < -0.39 is 0 Å². The van der Waals surface area contributed by atoms with Crippen LogP contribution in [0.1, 0.15) is 158 Å². The van der Waals surface area contributed by atoms with Gasteiger partial charge in [-0.15, -0.1) is 0 Å². The van der Waals surface area contributed by atoms with Gasteiger partial charge < -0.3 is 17.9 Å². The lowest BCUT2D eigenvalue weighted by atomic mass is 9.71. The molecule has 4 rings (SSSR count). The van der Waals surface area contributed by atoms with Gasteiger partial charge in [-0.1, -0.05) is 62.3 Å². The summed E-state index contributed by atoms with van der Waals surface area (Å²) in [6, 6.07) is 5.81. The summed E-state index contributed by atoms with van der Waals surface area (Å²) in [5.74, 6) is 7.91. The predicted molar refractivity (Wildman–Crippen MR) is 234 cm³/mol. The summed E-state index contributed by atoms with van der Waals surface area (Å²) in [6.45, 7) is 54.6. The maximum absolute atomic E-state index is 2.44. The summed E-state index contributed by atoms with van der Waals surface area (Å²) in [5, 5.41) is 0. The molecule has 0 radical (unpaired) electrons. The van der Waals surface area contributed by atoms with E-state index in [1.807, 2.05) is 0 Å². The summed E-state index contributed by atoms with van der Waals surface area (Å²) >= 11 is 0. The van der Waals surface area contributed by atoms with Crippen molar-refractivity contribution in [3.05, 3.63) is 0 Å². The van der Waals surface area contributed by atoms with Gasteiger partial charge in [0, 0.05) is 41.4 Å². The summed E-state index contributed by atoms with van der Waals surface area (Å²) in [4.78, 5) is 0. The molecule has 4 aliphatic heterocycles. The molecule has 0 N–H and O–H groups in total. The van der Waals surface area contributed by atoms with Crippen LogP contribution in [0.2, 0.25) is 0 Å². The Hall–Kier alpha value is -0.160. The molecule has 4 nitrogen and oxygen atoms in total. The zero-order chi connectivity index (χ0) is 40.9. The molecular weight excluding hydrogens is 633 g/mol. The van der Waals surface area contributed by atoms with Gasteiger partial charge in [-0.25, -0.2) is 0 Å². The van der Waals surface area contributed by atoms with Gasteiger partial charge in [0.05, 0.1) is 103 Å². The van der Waals surface area contributed by atoms with Crippen LogP contribution >= 0.6 is 0 Å². The van der Waals surface area contributed by atoms with Crippen molar-refractivity contribution < 1.29 is 17.9 Å². The van der Waals surface area contributed by atoms with E-state index in [9.17, 15) is 0 Å². The van der Waals surface area contributed by atoms with Gasteiger partial charge in [-0.2, -0.15) is 0 Å². The smallest absolute Gasteiger partial charge is 0.0890 e. The lowest BCUT2D eigenvalue weighted by Crippen LogP contribution is -2.66. The fourth-order valence-electron chi connectivity index (χ4n) is 12.0. The molecule has 17 atom stereocenters. The number of hydrogen-bond donors (Lipinski definition) is 0. The fraction of sp³-hybridized carbons (Fsp3) is 1.00. The van der Waals surface area contributed by atoms with Crippen LogP contribution in [0.3, 0.4) is 0 Å². The van der Waals surface area contributed by atoms with Crippen LogP contribution in [0.15, 0.2) is 0 Å². The Morgan fingerprint density at radius 2 is 0.712 bits per heavy atom. The molecule has 4 saturated heterocycles. The van der Waals surface area contributed by atoms with E-state index in [0.717, 1.165) is 95.6 Å². The molecule has 4 heteroatoms. The second kappa shape index (κ2) is 19.8. The van der Waals surface area contributed by atoms with Crippen LogP contribution in [0.5, 0.6) is 0 Å². The molecule has 4 aliphatic rings. The Kier molecular flexibility index (Phi) is 19.0. The van der Waals surface area contributed by atoms with Crippen molar-refractivity contribution in [1.82, 2.24) is 0 Å². The van der Waals surface area contributed by atoms with E-state index in [4.69, 9.17) is 0 Å². The molecule has 0 spiro atoms. The third kappa shape index (κ3) is 10.2. The highest BCUT2D eigenvalue weighted by atomic mass is 15.4. The molecule has 52 heavy (non-hydrogen) atoms. The highest BCUT2D eigenvalue weighted by Crippen LogP contribution is 2.41. The van der Waals surface area contributed by atoms with Crippen LogP contribution in [-0.2, 0) is 0 Å². The number of nitrogens with zero attached hydrogens (tertiary/aromatic N) is 4. The van der Waals surface area contributed by atoms with Crippen molar-refractivity contribution in [3.8, 4) is 0 Å². The summed E-state index contributed by atoms with van der Waals surface area (Å²) < 4.78 is 5.07. The highest BCUT2D eigenvalue weighted by Gasteiger charge is 2.48. The number of quaternary nitrogens is 4. The summed E-state index contributed by atoms with van der Waals surface area (Å²) in [5.41, 5.74) is 0. The molecule has 0 aromatic heterocycles. The first-order chi connectivity index (χ1) is 23.7. The van der Waals surface area contributed by atoms with E-state index in [1.165, 1.54) is 69.9 Å². The molecule has 17 unspecified atom stereocenters. The molecule has 0 aliphatic carbocycles. The van der Waals surface area contributed by atoms with Crippen LogP contribution < -0.4 is 0 Å². The van der Waals surface area contributed by atoms with Crippen LogP contribution in [0.4, 0.5) is 0 Å². The first-order valence-electron chi connectivity index (χ1n) is 23.1. The summed E-state index contributed by atoms with van der Waals surface area (Å²) in [6.07, 6.45) is 4.25. The number of piperidine rings is 4. The average molecular weight is 737 g/mol. The quantitative estimate of drug-likeness (QED) is 0.252. The number of hydrogen-bond acceptors (Lipinski definition) is 0. The Balaban J connectivity index is 0.000000347. The Labute approximate surface area is 331 Å². The molecule has 4 heterocycles. The molecule has 0 bridgehead atoms. The van der Waals surface area contributed by atoms with Gasteiger partial charge in [-0.05, 0) is 107 Å². The van der Waals surface area contributed by atoms with Crippen molar-refractivity contribution in [1.29, 1.82) is 0 Å². The van der Waals surface area contributed by atoms with Crippen LogP contribution in [-0.4, -0.2) is 121 Å². The minimum absolute atomic E-state index is 0.807. The zero-order valence-electron chi connectivity index (χ0n) is 40.7. The van der Waals surface area contributed by atoms with Gasteiger partial charge in [0.15, 0.2) is 0 Å². The Morgan fingerprint density at radius 3 is 1.08 bits per heavy atom. The predicted octanol–water partition coefficient (Wildman–Crippen LogP) is 11.5. The van der Waals surface area contributed by atoms with Crippen LogP contribution in [0.25, 0.3) is 0 Å². The molecule has 0 amide bonds. The normalized spacial score (nSPS) is 52.2. The summed E-state index contributed by atoms with van der Waals surface area (Å²) in [7, 11) is 9.71. The molecule has 0 saturated carbocycles. The van der Waals surface area contributed by atoms with E-state index in [0.29, 0.717) is 0 Å². The van der Waals surface area contributed by atoms with E-state index in [1.54, 1.807) is 0 Å². The lowest BCUT2D eigenvalue weighted by molar-refractivity contribution is -0.965. The fourth-order valence-corrected chi connectivity index (χ4v) is 12.0. The van der Waals surface area contributed by atoms with Crippen molar-refractivity contribution in [2.75, 3.05) is 60.9 Å². The van der Waals surface area contributed by atoms with E-state index in [2.05, 4.69) is 167 Å². The highest BCUT2D eigenvalue weighted by molar-refractivity contribution is 4.83. The minimum Gasteiger partial charge on any atom is -0.324 e. The number of likely N-dealkylation sites (tertiary alicyclic amines) is 4. The Morgan fingerprint density at radius 1 is 0.346 bits per heavy atom. The monoisotopic (exact) mass is 737 g/mol. The van der Waals surface area contributed by atoms with E-state index in [-0.39, 0.29) is 0 Å². The SMILES string of the molecule is CC[N+]1(C)C(C)C(C)C(C)C(C)C1C.CC[N+]1(C)C(C)C(C)CC(C)C1C.CC[N+]1(C)C(C)CCC(C)C1C.CC[N+]1(C)CC(C)C(C)C(C)C1C. The van der Waals surface area contributed by atoms with Gasteiger partial charge in [0.1, 0.15) is 0 Å². The van der Waals surface area contributed by atoms with Crippen molar-refractivity contribution >= 4 is 0 Å². The van der Waals surface area contributed by atoms with Gasteiger partial charge in [0.2, 0.25) is 0 Å². The standard InChI is InChI=1S/C13H28N.2C12H26N.C11H24N/c1-8-14(7)12(5)10(3)9(2)11(4)13(14)6;1-7-13(6)8-9(2)10(3)11(4)12(13)5;1-7-13(6)11(4)9(2)8-10(3)12(13)5;1-6-12(5)10(3)8-7-9(2)11(12)4/h9-13H,8H2,1-7H3;2*9-12H,7-8H2,1-6H3;9-11H,6-8H2,1-5H3/q4*+1. The molecule has 4 fully saturated rings. The van der Waals surface area contributed by atoms with Crippen molar-refractivity contribution in [2.24, 2.45) is 53.3 Å². The largest absolute Gasteiger partial charge is 0.324 e. The van der Waals surface area contributed by atoms with Gasteiger partial charge in [0.25, 0.3) is 0 Å². The first kappa shape index (κ1) is 49.9. The third-order valence-corrected chi connectivity index (χ3v) is 20.0. The zero-order valence-corrected chi connectivity index (χ0v) is 40.7. The average Bonchev–Trinajstić information content (AvgIpc) is 3.13. The molecule has 312 valence electrons. The molecule has 0 aromatic rings. The lowest BCUT2D eigenvalue weighted by Gasteiger charge is -2.55. The number of rotatable bonds is 4.